The minimum absolute atomic E-state index is 0. The number of nitrogens with zero attached hydrogens (tertiary/aromatic N) is 1. The number of halogens is 2. The number of benzene rings is 1. The van der Waals surface area contributed by atoms with Crippen molar-refractivity contribution in [2.75, 3.05) is 6.54 Å². The van der Waals surface area contributed by atoms with Gasteiger partial charge in [0.25, 0.3) is 0 Å². The summed E-state index contributed by atoms with van der Waals surface area (Å²) in [4.78, 5) is 0. The van der Waals surface area contributed by atoms with Crippen LogP contribution in [-0.4, -0.2) is 12.8 Å². The average molecular weight is 250 g/mol. The first-order valence-corrected chi connectivity index (χ1v) is 4.39. The molecule has 0 saturated carbocycles. The molecule has 0 atom stereocenters. The summed E-state index contributed by atoms with van der Waals surface area (Å²) in [6, 6.07) is 8.16. The van der Waals surface area contributed by atoms with E-state index in [1.165, 1.54) is 5.56 Å². The van der Waals surface area contributed by atoms with E-state index >= 15 is 0 Å². The zero-order chi connectivity index (χ0) is 9.52. The number of nitrogens with two attached hydrogens (primary N) is 2. The molecule has 0 amide bonds. The fourth-order valence-corrected chi connectivity index (χ4v) is 1.16. The van der Waals surface area contributed by atoms with E-state index in [1.54, 1.807) is 6.21 Å². The lowest BCUT2D eigenvalue weighted by Gasteiger charge is -1.99. The first-order chi connectivity index (χ1) is 6.36. The van der Waals surface area contributed by atoms with E-state index in [0.29, 0.717) is 0 Å². The lowest BCUT2D eigenvalue weighted by atomic mass is 10.1. The van der Waals surface area contributed by atoms with Crippen LogP contribution in [0.25, 0.3) is 0 Å². The molecule has 0 bridgehead atoms. The SMILES string of the molecule is Cl.Cl.NCCCc1ccc(C=NN)cc1. The fourth-order valence-electron chi connectivity index (χ4n) is 1.16. The van der Waals surface area contributed by atoms with Crippen LogP contribution in [0.2, 0.25) is 0 Å². The van der Waals surface area contributed by atoms with Crippen molar-refractivity contribution in [1.29, 1.82) is 0 Å². The Hall–Kier alpha value is -0.770. The summed E-state index contributed by atoms with van der Waals surface area (Å²) < 4.78 is 0. The molecular weight excluding hydrogens is 233 g/mol. The highest BCUT2D eigenvalue weighted by Gasteiger charge is 1.92. The highest BCUT2D eigenvalue weighted by atomic mass is 35.5. The zero-order valence-corrected chi connectivity index (χ0v) is 10.1. The summed E-state index contributed by atoms with van der Waals surface area (Å²) in [5.41, 5.74) is 7.75. The normalized spacial score (nSPS) is 9.40. The molecule has 0 heterocycles. The van der Waals surface area contributed by atoms with Crippen LogP contribution in [-0.2, 0) is 6.42 Å². The maximum absolute atomic E-state index is 5.42. The lowest BCUT2D eigenvalue weighted by molar-refractivity contribution is 0.832. The van der Waals surface area contributed by atoms with Gasteiger partial charge in [-0.3, -0.25) is 0 Å². The third-order valence-electron chi connectivity index (χ3n) is 1.87. The Labute approximate surface area is 103 Å². The second kappa shape index (κ2) is 9.77. The summed E-state index contributed by atoms with van der Waals surface area (Å²) in [7, 11) is 0. The monoisotopic (exact) mass is 249 g/mol. The topological polar surface area (TPSA) is 64.4 Å². The lowest BCUT2D eigenvalue weighted by Crippen LogP contribution is -2.00. The van der Waals surface area contributed by atoms with Gasteiger partial charge in [0.15, 0.2) is 0 Å². The molecule has 0 aliphatic carbocycles. The molecule has 15 heavy (non-hydrogen) atoms. The Bertz CT molecular complexity index is 273. The van der Waals surface area contributed by atoms with Crippen molar-refractivity contribution in [3.8, 4) is 0 Å². The maximum atomic E-state index is 5.42. The van der Waals surface area contributed by atoms with Crippen molar-refractivity contribution in [1.82, 2.24) is 0 Å². The number of aryl methyl sites for hydroxylation is 1. The Morgan fingerprint density at radius 1 is 1.13 bits per heavy atom. The van der Waals surface area contributed by atoms with E-state index in [1.807, 2.05) is 12.1 Å². The average Bonchev–Trinajstić information content (AvgIpc) is 2.17. The van der Waals surface area contributed by atoms with Crippen molar-refractivity contribution in [2.24, 2.45) is 16.7 Å². The summed E-state index contributed by atoms with van der Waals surface area (Å²) in [5, 5.41) is 3.45. The molecule has 0 unspecified atom stereocenters. The van der Waals surface area contributed by atoms with Crippen LogP contribution in [0, 0.1) is 0 Å². The Morgan fingerprint density at radius 2 is 1.73 bits per heavy atom. The molecule has 4 N–H and O–H groups in total. The van der Waals surface area contributed by atoms with Crippen molar-refractivity contribution in [3.05, 3.63) is 35.4 Å². The van der Waals surface area contributed by atoms with Crippen LogP contribution in [0.15, 0.2) is 29.4 Å². The molecule has 0 aromatic heterocycles. The third-order valence-corrected chi connectivity index (χ3v) is 1.87. The van der Waals surface area contributed by atoms with Gasteiger partial charge in [0, 0.05) is 0 Å². The van der Waals surface area contributed by atoms with Gasteiger partial charge in [-0.25, -0.2) is 0 Å². The van der Waals surface area contributed by atoms with E-state index in [-0.39, 0.29) is 24.8 Å². The van der Waals surface area contributed by atoms with Crippen LogP contribution in [0.4, 0.5) is 0 Å². The molecule has 0 fully saturated rings. The van der Waals surface area contributed by atoms with Gasteiger partial charge in [0.1, 0.15) is 0 Å². The Balaban J connectivity index is 0. The van der Waals surface area contributed by atoms with Crippen molar-refractivity contribution >= 4 is 31.0 Å². The molecule has 0 radical (unpaired) electrons. The largest absolute Gasteiger partial charge is 0.330 e. The highest BCUT2D eigenvalue weighted by molar-refractivity contribution is 5.85. The smallest absolute Gasteiger partial charge is 0.0538 e. The Kier molecular flexibility index (Phi) is 10.8. The highest BCUT2D eigenvalue weighted by Crippen LogP contribution is 2.04. The standard InChI is InChI=1S/C10H15N3.2ClH/c11-7-1-2-9-3-5-10(6-4-9)8-13-12;;/h3-6,8H,1-2,7,11-12H2;2*1H. The van der Waals surface area contributed by atoms with Gasteiger partial charge >= 0.3 is 0 Å². The molecule has 0 aliphatic rings. The maximum Gasteiger partial charge on any atom is 0.0538 e. The molecule has 1 aromatic carbocycles. The van der Waals surface area contributed by atoms with E-state index in [4.69, 9.17) is 11.6 Å². The summed E-state index contributed by atoms with van der Waals surface area (Å²) >= 11 is 0. The molecular formula is C10H17Cl2N3. The predicted molar refractivity (Wildman–Crippen MR) is 70.1 cm³/mol. The molecule has 5 heteroatoms. The third kappa shape index (κ3) is 6.33. The first-order valence-electron chi connectivity index (χ1n) is 4.39. The van der Waals surface area contributed by atoms with E-state index < -0.39 is 0 Å². The number of hydrogen-bond acceptors (Lipinski definition) is 3. The molecule has 3 nitrogen and oxygen atoms in total. The molecule has 1 rings (SSSR count). The van der Waals surface area contributed by atoms with E-state index in [9.17, 15) is 0 Å². The first kappa shape index (κ1) is 16.7. The second-order valence-corrected chi connectivity index (χ2v) is 2.91. The van der Waals surface area contributed by atoms with Gasteiger partial charge in [0.2, 0.25) is 0 Å². The van der Waals surface area contributed by atoms with Crippen molar-refractivity contribution in [3.63, 3.8) is 0 Å². The second-order valence-electron chi connectivity index (χ2n) is 2.91. The number of hydrazone groups is 1. The minimum Gasteiger partial charge on any atom is -0.330 e. The van der Waals surface area contributed by atoms with Crippen molar-refractivity contribution in [2.45, 2.75) is 12.8 Å². The quantitative estimate of drug-likeness (QED) is 0.485. The van der Waals surface area contributed by atoms with Gasteiger partial charge in [-0.2, -0.15) is 5.10 Å². The minimum atomic E-state index is 0. The van der Waals surface area contributed by atoms with Gasteiger partial charge in [-0.15, -0.1) is 24.8 Å². The summed E-state index contributed by atoms with van der Waals surface area (Å²) in [5.74, 6) is 5.03. The van der Waals surface area contributed by atoms with Crippen LogP contribution >= 0.6 is 24.8 Å². The van der Waals surface area contributed by atoms with Gasteiger partial charge in [0.05, 0.1) is 6.21 Å². The van der Waals surface area contributed by atoms with E-state index in [2.05, 4.69) is 17.2 Å². The van der Waals surface area contributed by atoms with Crippen LogP contribution in [0.1, 0.15) is 17.5 Å². The van der Waals surface area contributed by atoms with E-state index in [0.717, 1.165) is 24.9 Å². The molecule has 0 spiro atoms. The van der Waals surface area contributed by atoms with Gasteiger partial charge in [-0.05, 0) is 30.5 Å². The fraction of sp³-hybridized carbons (Fsp3) is 0.300. The van der Waals surface area contributed by atoms with Crippen molar-refractivity contribution < 1.29 is 0 Å². The molecule has 1 aromatic rings. The van der Waals surface area contributed by atoms with Crippen LogP contribution in [0.3, 0.4) is 0 Å². The van der Waals surface area contributed by atoms with Gasteiger partial charge in [-0.1, -0.05) is 24.3 Å². The summed E-state index contributed by atoms with van der Waals surface area (Å²) in [6.07, 6.45) is 3.70. The van der Waals surface area contributed by atoms with Crippen LogP contribution in [0.5, 0.6) is 0 Å². The predicted octanol–water partition coefficient (Wildman–Crippen LogP) is 1.71. The number of rotatable bonds is 4. The molecule has 86 valence electrons. The molecule has 0 aliphatic heterocycles. The summed E-state index contributed by atoms with van der Waals surface area (Å²) in [6.45, 7) is 0.742. The zero-order valence-electron chi connectivity index (χ0n) is 8.43. The molecule has 0 saturated heterocycles. The number of hydrogen-bond donors (Lipinski definition) is 2. The Morgan fingerprint density at radius 3 is 2.20 bits per heavy atom. The van der Waals surface area contributed by atoms with Gasteiger partial charge < -0.3 is 11.6 Å². The van der Waals surface area contributed by atoms with Crippen LogP contribution < -0.4 is 11.6 Å².